The average molecular weight is 409 g/mol. The first kappa shape index (κ1) is 19.8. The van der Waals surface area contributed by atoms with Crippen LogP contribution in [0.4, 0.5) is 0 Å². The van der Waals surface area contributed by atoms with Gasteiger partial charge < -0.3 is 14.2 Å². The van der Waals surface area contributed by atoms with Crippen LogP contribution >= 0.6 is 0 Å². The molecular weight excluding hydrogens is 386 g/mol. The van der Waals surface area contributed by atoms with E-state index in [1.54, 1.807) is 42.5 Å². The number of carbonyl (C=O) groups is 1. The number of H-pyrrole nitrogens is 1. The summed E-state index contributed by atoms with van der Waals surface area (Å²) in [6.07, 6.45) is 3.27. The van der Waals surface area contributed by atoms with Crippen LogP contribution in [0.15, 0.2) is 42.5 Å². The van der Waals surface area contributed by atoms with Crippen LogP contribution in [0.2, 0.25) is 0 Å². The maximum Gasteiger partial charge on any atom is 0.257 e. The molecule has 30 heavy (non-hydrogen) atoms. The minimum Gasteiger partial charge on any atom is -0.494 e. The molecule has 0 bridgehead atoms. The number of rotatable bonds is 8. The zero-order valence-electron chi connectivity index (χ0n) is 16.6. The maximum absolute atomic E-state index is 13.2. The van der Waals surface area contributed by atoms with Gasteiger partial charge in [-0.1, -0.05) is 25.8 Å². The summed E-state index contributed by atoms with van der Waals surface area (Å²) in [7, 11) is 0. The van der Waals surface area contributed by atoms with Crippen LogP contribution in [0.3, 0.4) is 0 Å². The second kappa shape index (κ2) is 8.50. The number of tetrazole rings is 1. The number of para-hydroxylation sites is 1. The van der Waals surface area contributed by atoms with Gasteiger partial charge in [0.05, 0.1) is 12.2 Å². The summed E-state index contributed by atoms with van der Waals surface area (Å²) >= 11 is 0. The largest absolute Gasteiger partial charge is 0.494 e. The third-order valence-electron chi connectivity index (χ3n) is 4.81. The van der Waals surface area contributed by atoms with Crippen LogP contribution in [0.5, 0.6) is 17.2 Å². The van der Waals surface area contributed by atoms with Crippen molar-refractivity contribution in [2.45, 2.75) is 31.9 Å². The Balaban J connectivity index is 1.55. The molecule has 9 heteroatoms. The first-order valence-corrected chi connectivity index (χ1v) is 9.86. The first-order valence-electron chi connectivity index (χ1n) is 9.86. The monoisotopic (exact) mass is 409 g/mol. The molecule has 1 atom stereocenters. The molecule has 0 aliphatic carbocycles. The van der Waals surface area contributed by atoms with Crippen LogP contribution < -0.4 is 19.9 Å². The van der Waals surface area contributed by atoms with Crippen molar-refractivity contribution in [3.8, 4) is 17.2 Å². The number of ketones is 1. The summed E-state index contributed by atoms with van der Waals surface area (Å²) in [5.41, 5.74) is 5.66. The second-order valence-corrected chi connectivity index (χ2v) is 7.06. The van der Waals surface area contributed by atoms with Crippen molar-refractivity contribution in [1.29, 1.82) is 0 Å². The zero-order valence-corrected chi connectivity index (χ0v) is 16.6. The van der Waals surface area contributed by atoms with E-state index in [9.17, 15) is 4.79 Å². The summed E-state index contributed by atoms with van der Waals surface area (Å²) in [4.78, 5) is 13.2. The Hall–Kier alpha value is -3.46. The number of nitrogens with two attached hydrogens (primary N) is 1. The first-order chi connectivity index (χ1) is 14.6. The van der Waals surface area contributed by atoms with Gasteiger partial charge in [0, 0.05) is 5.56 Å². The molecule has 1 aromatic heterocycles. The molecule has 4 rings (SSSR count). The van der Waals surface area contributed by atoms with Gasteiger partial charge in [0.15, 0.2) is 17.3 Å². The van der Waals surface area contributed by atoms with E-state index >= 15 is 0 Å². The van der Waals surface area contributed by atoms with E-state index in [-0.39, 0.29) is 24.0 Å². The van der Waals surface area contributed by atoms with Crippen LogP contribution in [0, 0.1) is 0 Å². The Labute approximate surface area is 173 Å². The number of carbonyl (C=O) groups excluding carboxylic acids is 1. The summed E-state index contributed by atoms with van der Waals surface area (Å²) in [5, 5.41) is 13.6. The molecule has 0 amide bonds. The number of aromatic nitrogens is 4. The fraction of sp³-hybridized carbons (Fsp3) is 0.333. The highest BCUT2D eigenvalue weighted by atomic mass is 16.6. The molecule has 0 saturated heterocycles. The predicted octanol–water partition coefficient (Wildman–Crippen LogP) is 2.58. The highest BCUT2D eigenvalue weighted by Crippen LogP contribution is 2.40. The van der Waals surface area contributed by atoms with Gasteiger partial charge >= 0.3 is 0 Å². The highest BCUT2D eigenvalue weighted by molar-refractivity contribution is 6.11. The number of nitrogens with zero attached hydrogens (tertiary/aromatic N) is 3. The van der Waals surface area contributed by atoms with E-state index in [0.29, 0.717) is 23.5 Å². The van der Waals surface area contributed by atoms with Crippen LogP contribution in [-0.4, -0.2) is 39.6 Å². The molecule has 2 aromatic carbocycles. The number of hydrogen-bond donors (Lipinski definition) is 2. The van der Waals surface area contributed by atoms with E-state index in [0.717, 1.165) is 25.0 Å². The highest BCUT2D eigenvalue weighted by Gasteiger charge is 2.41. The third-order valence-corrected chi connectivity index (χ3v) is 4.81. The second-order valence-electron chi connectivity index (χ2n) is 7.06. The number of fused-ring (bicyclic) bond motifs is 1. The van der Waals surface area contributed by atoms with Gasteiger partial charge in [-0.25, -0.2) is 0 Å². The molecular formula is C21H23N5O4. The quantitative estimate of drug-likeness (QED) is 0.429. The van der Waals surface area contributed by atoms with Gasteiger partial charge in [-0.05, 0) is 48.0 Å². The maximum atomic E-state index is 13.2. The van der Waals surface area contributed by atoms with Crippen molar-refractivity contribution in [1.82, 2.24) is 20.6 Å². The number of nitrogens with one attached hydrogen (secondary N) is 1. The molecule has 156 valence electrons. The van der Waals surface area contributed by atoms with E-state index < -0.39 is 5.72 Å². The molecule has 2 heterocycles. The SMILES string of the molecule is CCCCCOc1ccc(C(=O)c2cccc3c2OC(N)(c2nn[nH]n2)CO3)cc1. The molecule has 1 aliphatic heterocycles. The van der Waals surface area contributed by atoms with Crippen LogP contribution in [-0.2, 0) is 5.72 Å². The van der Waals surface area contributed by atoms with Gasteiger partial charge in [0.1, 0.15) is 12.4 Å². The molecule has 0 fully saturated rings. The van der Waals surface area contributed by atoms with E-state index in [4.69, 9.17) is 19.9 Å². The third kappa shape index (κ3) is 3.97. The molecule has 0 radical (unpaired) electrons. The lowest BCUT2D eigenvalue weighted by Crippen LogP contribution is -2.51. The molecule has 3 N–H and O–H groups in total. The van der Waals surface area contributed by atoms with Crippen LogP contribution in [0.25, 0.3) is 0 Å². The van der Waals surface area contributed by atoms with E-state index in [2.05, 4.69) is 27.5 Å². The Kier molecular flexibility index (Phi) is 5.62. The molecule has 1 aliphatic rings. The standard InChI is InChI=1S/C21H23N5O4/c1-2-3-4-12-28-15-10-8-14(9-11-15)18(27)16-6-5-7-17-19(16)30-21(22,13-29-17)20-23-25-26-24-20/h5-11H,2-4,12-13,22H2,1H3,(H,23,24,25,26). The van der Waals surface area contributed by atoms with Gasteiger partial charge in [0.25, 0.3) is 5.72 Å². The fourth-order valence-electron chi connectivity index (χ4n) is 3.16. The van der Waals surface area contributed by atoms with Crippen molar-refractivity contribution < 1.29 is 19.0 Å². The predicted molar refractivity (Wildman–Crippen MR) is 108 cm³/mol. The minimum absolute atomic E-state index is 0.0127. The Morgan fingerprint density at radius 3 is 2.80 bits per heavy atom. The number of ether oxygens (including phenoxy) is 3. The van der Waals surface area contributed by atoms with Gasteiger partial charge in [-0.3, -0.25) is 10.5 Å². The summed E-state index contributed by atoms with van der Waals surface area (Å²) < 4.78 is 17.4. The van der Waals surface area contributed by atoms with E-state index in [1.807, 2.05) is 0 Å². The molecule has 3 aromatic rings. The molecule has 9 nitrogen and oxygen atoms in total. The van der Waals surface area contributed by atoms with Gasteiger partial charge in [-0.2, -0.15) is 5.21 Å². The van der Waals surface area contributed by atoms with Crippen LogP contribution in [0.1, 0.15) is 47.9 Å². The number of hydrogen-bond acceptors (Lipinski definition) is 8. The Morgan fingerprint density at radius 2 is 2.07 bits per heavy atom. The number of aromatic amines is 1. The average Bonchev–Trinajstić information content (AvgIpc) is 3.32. The number of unbranched alkanes of at least 4 members (excludes halogenated alkanes) is 2. The fourth-order valence-corrected chi connectivity index (χ4v) is 3.16. The van der Waals surface area contributed by atoms with E-state index in [1.165, 1.54) is 0 Å². The van der Waals surface area contributed by atoms with Gasteiger partial charge in [0.2, 0.25) is 5.82 Å². The molecule has 0 spiro atoms. The van der Waals surface area contributed by atoms with Gasteiger partial charge in [-0.15, -0.1) is 10.2 Å². The lowest BCUT2D eigenvalue weighted by Gasteiger charge is -2.33. The van der Waals surface area contributed by atoms with Crippen molar-refractivity contribution in [2.24, 2.45) is 5.73 Å². The number of benzene rings is 2. The molecule has 1 unspecified atom stereocenters. The summed E-state index contributed by atoms with van der Waals surface area (Å²) in [6, 6.07) is 12.2. The lowest BCUT2D eigenvalue weighted by molar-refractivity contribution is -0.0154. The summed E-state index contributed by atoms with van der Waals surface area (Å²) in [5.74, 6) is 1.34. The smallest absolute Gasteiger partial charge is 0.257 e. The van der Waals surface area contributed by atoms with Crippen molar-refractivity contribution in [2.75, 3.05) is 13.2 Å². The topological polar surface area (TPSA) is 125 Å². The van der Waals surface area contributed by atoms with Crippen molar-refractivity contribution >= 4 is 5.78 Å². The lowest BCUT2D eigenvalue weighted by atomic mass is 10.0. The van der Waals surface area contributed by atoms with Crippen molar-refractivity contribution in [3.05, 3.63) is 59.4 Å². The van der Waals surface area contributed by atoms with Crippen molar-refractivity contribution in [3.63, 3.8) is 0 Å². The normalized spacial score (nSPS) is 17.5. The summed E-state index contributed by atoms with van der Waals surface area (Å²) in [6.45, 7) is 2.79. The molecule has 0 saturated carbocycles. The Bertz CT molecular complexity index is 1010. The minimum atomic E-state index is -1.45. The zero-order chi connectivity index (χ0) is 21.0. The Morgan fingerprint density at radius 1 is 1.23 bits per heavy atom.